The van der Waals surface area contributed by atoms with E-state index >= 15 is 0 Å². The van der Waals surface area contributed by atoms with Crippen LogP contribution < -0.4 is 20.9 Å². The molecule has 1 atom stereocenters. The minimum absolute atomic E-state index is 0.320. The number of urea groups is 1. The summed E-state index contributed by atoms with van der Waals surface area (Å²) in [5.74, 6) is -1.06. The topological polar surface area (TPSA) is 117 Å². The van der Waals surface area contributed by atoms with Crippen LogP contribution >= 0.6 is 0 Å². The normalized spacial score (nSPS) is 19.2. The second-order valence-electron chi connectivity index (χ2n) is 7.34. The largest absolute Gasteiger partial charge is 0.494 e. The zero-order valence-corrected chi connectivity index (χ0v) is 16.9. The van der Waals surface area contributed by atoms with E-state index in [1.165, 1.54) is 0 Å². The molecule has 1 saturated heterocycles. The number of nitrogens with zero attached hydrogens (tertiary/aromatic N) is 1. The van der Waals surface area contributed by atoms with Crippen molar-refractivity contribution in [2.24, 2.45) is 0 Å². The lowest BCUT2D eigenvalue weighted by atomic mass is 9.92. The van der Waals surface area contributed by atoms with Gasteiger partial charge in [0, 0.05) is 5.56 Å². The quantitative estimate of drug-likeness (QED) is 0.495. The summed E-state index contributed by atoms with van der Waals surface area (Å²) in [6.45, 7) is 1.87. The van der Waals surface area contributed by atoms with Crippen LogP contribution in [-0.4, -0.2) is 41.8 Å². The summed E-state index contributed by atoms with van der Waals surface area (Å²) in [6.07, 6.45) is 1.11. The first-order chi connectivity index (χ1) is 14.9. The first-order valence-corrected chi connectivity index (χ1v) is 9.99. The Labute approximate surface area is 178 Å². The number of benzene rings is 2. The van der Waals surface area contributed by atoms with E-state index in [0.717, 1.165) is 16.0 Å². The Bertz CT molecular complexity index is 1050. The Balaban J connectivity index is 1.36. The van der Waals surface area contributed by atoms with Gasteiger partial charge in [0.2, 0.25) is 0 Å². The van der Waals surface area contributed by atoms with Crippen LogP contribution in [-0.2, 0) is 21.5 Å². The molecule has 4 rings (SSSR count). The van der Waals surface area contributed by atoms with E-state index in [2.05, 4.69) is 16.2 Å². The molecular weight excluding hydrogens is 400 g/mol. The fourth-order valence-electron chi connectivity index (χ4n) is 3.98. The number of hydrogen-bond donors (Lipinski definition) is 3. The molecule has 0 bridgehead atoms. The summed E-state index contributed by atoms with van der Waals surface area (Å²) < 4.78 is 5.32. The third-order valence-corrected chi connectivity index (χ3v) is 5.47. The molecule has 0 saturated carbocycles. The average molecular weight is 422 g/mol. The van der Waals surface area contributed by atoms with Gasteiger partial charge in [0.15, 0.2) is 0 Å². The minimum Gasteiger partial charge on any atom is -0.494 e. The van der Waals surface area contributed by atoms with Gasteiger partial charge in [-0.25, -0.2) is 4.79 Å². The molecule has 31 heavy (non-hydrogen) atoms. The molecule has 1 heterocycles. The number of hydrazine groups is 1. The van der Waals surface area contributed by atoms with E-state index < -0.39 is 35.8 Å². The fourth-order valence-corrected chi connectivity index (χ4v) is 3.98. The third kappa shape index (κ3) is 3.70. The van der Waals surface area contributed by atoms with Gasteiger partial charge < -0.3 is 10.1 Å². The minimum atomic E-state index is -1.13. The predicted octanol–water partition coefficient (Wildman–Crippen LogP) is 1.24. The Morgan fingerprint density at radius 3 is 2.58 bits per heavy atom. The van der Waals surface area contributed by atoms with Crippen LogP contribution in [0.2, 0.25) is 0 Å². The highest BCUT2D eigenvalue weighted by Crippen LogP contribution is 2.41. The van der Waals surface area contributed by atoms with Crippen molar-refractivity contribution in [2.45, 2.75) is 25.3 Å². The second-order valence-corrected chi connectivity index (χ2v) is 7.34. The van der Waals surface area contributed by atoms with E-state index in [1.54, 1.807) is 24.3 Å². The molecule has 1 unspecified atom stereocenters. The molecule has 5 amide bonds. The number of hydrogen-bond acceptors (Lipinski definition) is 5. The van der Waals surface area contributed by atoms with Crippen molar-refractivity contribution in [1.29, 1.82) is 0 Å². The van der Waals surface area contributed by atoms with Gasteiger partial charge in [-0.1, -0.05) is 24.3 Å². The van der Waals surface area contributed by atoms with Gasteiger partial charge in [-0.15, -0.1) is 0 Å². The van der Waals surface area contributed by atoms with Crippen molar-refractivity contribution in [2.75, 3.05) is 13.2 Å². The molecular formula is C22H22N4O5. The van der Waals surface area contributed by atoms with Crippen LogP contribution in [0.25, 0.3) is 0 Å². The number of imide groups is 1. The van der Waals surface area contributed by atoms with Crippen LogP contribution in [0, 0.1) is 0 Å². The highest BCUT2D eigenvalue weighted by atomic mass is 16.5. The number of aryl methyl sites for hydroxylation is 1. The van der Waals surface area contributed by atoms with E-state index in [1.807, 2.05) is 31.2 Å². The zero-order valence-electron chi connectivity index (χ0n) is 16.9. The van der Waals surface area contributed by atoms with Gasteiger partial charge in [-0.2, -0.15) is 0 Å². The lowest BCUT2D eigenvalue weighted by Crippen LogP contribution is -2.48. The zero-order chi connectivity index (χ0) is 22.0. The molecule has 1 fully saturated rings. The number of ether oxygens (including phenoxy) is 1. The summed E-state index contributed by atoms with van der Waals surface area (Å²) in [6, 6.07) is 13.2. The van der Waals surface area contributed by atoms with Crippen molar-refractivity contribution >= 4 is 23.8 Å². The first kappa shape index (κ1) is 20.4. The van der Waals surface area contributed by atoms with Gasteiger partial charge in [0.25, 0.3) is 17.7 Å². The lowest BCUT2D eigenvalue weighted by molar-refractivity contribution is -0.135. The standard InChI is InChI=1S/C22H22N4O5/c1-2-31-16-9-7-15(8-10-16)19(28)25-24-18(27)13-26-20(29)22(23-21(26)30)12-11-14-5-3-4-6-17(14)22/h3-10H,2,11-13H2,1H3,(H,23,30)(H,24,27)(H,25,28). The number of nitrogens with one attached hydrogen (secondary N) is 3. The number of amides is 5. The number of carbonyl (C=O) groups is 4. The summed E-state index contributed by atoms with van der Waals surface area (Å²) in [7, 11) is 0. The lowest BCUT2D eigenvalue weighted by Gasteiger charge is -2.22. The van der Waals surface area contributed by atoms with Gasteiger partial charge >= 0.3 is 6.03 Å². The monoisotopic (exact) mass is 422 g/mol. The van der Waals surface area contributed by atoms with Crippen molar-refractivity contribution in [3.05, 3.63) is 65.2 Å². The average Bonchev–Trinajstić information content (AvgIpc) is 3.26. The Morgan fingerprint density at radius 2 is 1.84 bits per heavy atom. The van der Waals surface area contributed by atoms with Crippen LogP contribution in [0.1, 0.15) is 34.8 Å². The van der Waals surface area contributed by atoms with Gasteiger partial charge in [-0.05, 0) is 55.2 Å². The molecule has 3 N–H and O–H groups in total. The van der Waals surface area contributed by atoms with Crippen molar-refractivity contribution in [3.8, 4) is 5.75 Å². The van der Waals surface area contributed by atoms with E-state index in [0.29, 0.717) is 30.8 Å². The van der Waals surface area contributed by atoms with Crippen LogP contribution in [0.15, 0.2) is 48.5 Å². The van der Waals surface area contributed by atoms with Crippen molar-refractivity contribution in [1.82, 2.24) is 21.1 Å². The number of fused-ring (bicyclic) bond motifs is 2. The number of rotatable bonds is 5. The molecule has 0 radical (unpaired) electrons. The molecule has 1 aliphatic heterocycles. The molecule has 2 aromatic rings. The molecule has 2 aliphatic rings. The molecule has 9 nitrogen and oxygen atoms in total. The predicted molar refractivity (Wildman–Crippen MR) is 110 cm³/mol. The molecule has 1 spiro atoms. The number of carbonyl (C=O) groups excluding carboxylic acids is 4. The SMILES string of the molecule is CCOc1ccc(C(=O)NNC(=O)CN2C(=O)NC3(CCc4ccccc43)C2=O)cc1. The highest BCUT2D eigenvalue weighted by Gasteiger charge is 2.55. The molecule has 9 heteroatoms. The maximum Gasteiger partial charge on any atom is 0.325 e. The Morgan fingerprint density at radius 1 is 1.10 bits per heavy atom. The molecule has 2 aromatic carbocycles. The Kier molecular flexibility index (Phi) is 5.33. The van der Waals surface area contributed by atoms with Crippen molar-refractivity contribution in [3.63, 3.8) is 0 Å². The van der Waals surface area contributed by atoms with E-state index in [-0.39, 0.29) is 0 Å². The maximum atomic E-state index is 13.0. The van der Waals surface area contributed by atoms with Crippen LogP contribution in [0.5, 0.6) is 5.75 Å². The van der Waals surface area contributed by atoms with E-state index in [9.17, 15) is 19.2 Å². The summed E-state index contributed by atoms with van der Waals surface area (Å²) >= 11 is 0. The van der Waals surface area contributed by atoms with Gasteiger partial charge in [0.05, 0.1) is 6.61 Å². The Hall–Kier alpha value is -3.88. The summed E-state index contributed by atoms with van der Waals surface area (Å²) in [5.41, 5.74) is 5.49. The maximum absolute atomic E-state index is 13.0. The van der Waals surface area contributed by atoms with Gasteiger partial charge in [0.1, 0.15) is 17.8 Å². The second kappa shape index (κ2) is 8.10. The summed E-state index contributed by atoms with van der Waals surface area (Å²) in [5, 5.41) is 2.76. The van der Waals surface area contributed by atoms with Crippen LogP contribution in [0.4, 0.5) is 4.79 Å². The molecule has 160 valence electrons. The first-order valence-electron chi connectivity index (χ1n) is 9.99. The summed E-state index contributed by atoms with van der Waals surface area (Å²) in [4.78, 5) is 50.9. The highest BCUT2D eigenvalue weighted by molar-refractivity contribution is 6.10. The van der Waals surface area contributed by atoms with Crippen LogP contribution in [0.3, 0.4) is 0 Å². The fraction of sp³-hybridized carbons (Fsp3) is 0.273. The van der Waals surface area contributed by atoms with E-state index in [4.69, 9.17) is 4.74 Å². The third-order valence-electron chi connectivity index (χ3n) is 5.47. The van der Waals surface area contributed by atoms with Gasteiger partial charge in [-0.3, -0.25) is 30.1 Å². The van der Waals surface area contributed by atoms with Crippen molar-refractivity contribution < 1.29 is 23.9 Å². The molecule has 0 aromatic heterocycles. The smallest absolute Gasteiger partial charge is 0.325 e. The molecule has 1 aliphatic carbocycles.